The van der Waals surface area contributed by atoms with Gasteiger partial charge in [-0.15, -0.1) is 0 Å². The largest absolute Gasteiger partial charge is 0.495 e. The number of hydrogen-bond acceptors (Lipinski definition) is 4. The van der Waals surface area contributed by atoms with Gasteiger partial charge in [-0.2, -0.15) is 5.10 Å². The Balaban J connectivity index is 1.98. The Bertz CT molecular complexity index is 609. The van der Waals surface area contributed by atoms with Crippen molar-refractivity contribution in [3.05, 3.63) is 48.4 Å². The molecular weight excluding hydrogens is 274 g/mol. The summed E-state index contributed by atoms with van der Waals surface area (Å²) >= 11 is 5.18. The first-order valence-corrected chi connectivity index (χ1v) is 6.39. The fourth-order valence-corrected chi connectivity index (χ4v) is 1.73. The minimum atomic E-state index is 0.375. The lowest BCUT2D eigenvalue weighted by atomic mass is 10.3. The number of para-hydroxylation sites is 2. The molecule has 0 saturated carbocycles. The summed E-state index contributed by atoms with van der Waals surface area (Å²) in [5, 5.41) is 7.54. The molecule has 0 aliphatic rings. The van der Waals surface area contributed by atoms with Crippen LogP contribution in [-0.2, 0) is 0 Å². The Labute approximate surface area is 122 Å². The van der Waals surface area contributed by atoms with Crippen LogP contribution in [0.4, 0.5) is 5.69 Å². The van der Waals surface area contributed by atoms with E-state index in [0.717, 1.165) is 5.69 Å². The molecule has 0 aliphatic carbocycles. The fraction of sp³-hybridized carbons (Fsp3) is 0.143. The van der Waals surface area contributed by atoms with Crippen LogP contribution >= 0.6 is 12.2 Å². The number of methoxy groups -OCH3 is 1. The predicted molar refractivity (Wildman–Crippen MR) is 83.3 cm³/mol. The molecular formula is C14H15N3O2S. The lowest BCUT2D eigenvalue weighted by Crippen LogP contribution is -2.25. The molecule has 2 N–H and O–H groups in total. The average Bonchev–Trinajstić information content (AvgIpc) is 2.99. The number of nitrogens with one attached hydrogen (secondary N) is 2. The molecule has 0 aliphatic heterocycles. The summed E-state index contributed by atoms with van der Waals surface area (Å²) in [7, 11) is 1.61. The maximum atomic E-state index is 5.23. The number of anilines is 1. The third-order valence-corrected chi connectivity index (χ3v) is 2.75. The van der Waals surface area contributed by atoms with Crippen LogP contribution in [0, 0.1) is 0 Å². The molecule has 0 unspecified atom stereocenters. The molecule has 5 nitrogen and oxygen atoms in total. The molecule has 6 heteroatoms. The summed E-state index contributed by atoms with van der Waals surface area (Å²) in [5.41, 5.74) is 4.25. The number of thiocarbonyl (C=S) groups is 1. The van der Waals surface area contributed by atoms with Gasteiger partial charge in [0.25, 0.3) is 0 Å². The molecule has 104 valence electrons. The van der Waals surface area contributed by atoms with Gasteiger partial charge in [0.1, 0.15) is 17.2 Å². The zero-order chi connectivity index (χ0) is 14.4. The standard InChI is InChI=1S/C14H15N3O2S/c1-10(12-8-5-9-19-12)16-17-14(20)15-11-6-3-4-7-13(11)18-2/h3-9H,1-2H3,(H2,15,17,20). The smallest absolute Gasteiger partial charge is 0.191 e. The molecule has 1 heterocycles. The number of ether oxygens (including phenoxy) is 1. The highest BCUT2D eigenvalue weighted by molar-refractivity contribution is 7.80. The summed E-state index contributed by atoms with van der Waals surface area (Å²) in [6, 6.07) is 11.1. The summed E-state index contributed by atoms with van der Waals surface area (Å²) in [4.78, 5) is 0. The number of hydrogen-bond donors (Lipinski definition) is 2. The molecule has 0 saturated heterocycles. The van der Waals surface area contributed by atoms with Crippen LogP contribution in [0.15, 0.2) is 52.2 Å². The molecule has 0 bridgehead atoms. The van der Waals surface area contributed by atoms with E-state index < -0.39 is 0 Å². The van der Waals surface area contributed by atoms with Crippen LogP contribution in [0.3, 0.4) is 0 Å². The van der Waals surface area contributed by atoms with Gasteiger partial charge in [-0.05, 0) is 43.4 Å². The Hall–Kier alpha value is -2.34. The van der Waals surface area contributed by atoms with Crippen molar-refractivity contribution >= 4 is 28.7 Å². The molecule has 2 aromatic rings. The van der Waals surface area contributed by atoms with Gasteiger partial charge in [-0.1, -0.05) is 12.1 Å². The van der Waals surface area contributed by atoms with Crippen molar-refractivity contribution in [1.29, 1.82) is 0 Å². The van der Waals surface area contributed by atoms with Gasteiger partial charge >= 0.3 is 0 Å². The molecule has 1 aromatic carbocycles. The first-order valence-electron chi connectivity index (χ1n) is 5.99. The molecule has 0 radical (unpaired) electrons. The zero-order valence-electron chi connectivity index (χ0n) is 11.2. The third-order valence-electron chi connectivity index (χ3n) is 2.56. The first-order chi connectivity index (χ1) is 9.70. The SMILES string of the molecule is COc1ccccc1NC(=S)NN=C(C)c1ccco1. The molecule has 0 fully saturated rings. The molecule has 2 rings (SSSR count). The van der Waals surface area contributed by atoms with Gasteiger partial charge in [0, 0.05) is 0 Å². The van der Waals surface area contributed by atoms with Crippen molar-refractivity contribution in [1.82, 2.24) is 5.43 Å². The van der Waals surface area contributed by atoms with E-state index in [2.05, 4.69) is 15.8 Å². The van der Waals surface area contributed by atoms with Crippen LogP contribution in [0.25, 0.3) is 0 Å². The van der Waals surface area contributed by atoms with Crippen LogP contribution < -0.4 is 15.5 Å². The van der Waals surface area contributed by atoms with E-state index in [1.807, 2.05) is 37.3 Å². The van der Waals surface area contributed by atoms with E-state index in [1.165, 1.54) is 0 Å². The van der Waals surface area contributed by atoms with Crippen molar-refractivity contribution < 1.29 is 9.15 Å². The summed E-state index contributed by atoms with van der Waals surface area (Å²) < 4.78 is 10.5. The van der Waals surface area contributed by atoms with Gasteiger partial charge in [0.15, 0.2) is 5.11 Å². The Morgan fingerprint density at radius 1 is 1.25 bits per heavy atom. The second-order valence-electron chi connectivity index (χ2n) is 3.94. The lowest BCUT2D eigenvalue weighted by Gasteiger charge is -2.11. The highest BCUT2D eigenvalue weighted by Crippen LogP contribution is 2.22. The second-order valence-corrected chi connectivity index (χ2v) is 4.35. The van der Waals surface area contributed by atoms with E-state index in [4.69, 9.17) is 21.4 Å². The third kappa shape index (κ3) is 3.58. The van der Waals surface area contributed by atoms with Gasteiger partial charge < -0.3 is 14.5 Å². The van der Waals surface area contributed by atoms with Gasteiger partial charge in [0.05, 0.1) is 19.1 Å². The minimum Gasteiger partial charge on any atom is -0.495 e. The number of benzene rings is 1. The van der Waals surface area contributed by atoms with Crippen molar-refractivity contribution in [3.8, 4) is 5.75 Å². The van der Waals surface area contributed by atoms with Crippen LogP contribution in [0.5, 0.6) is 5.75 Å². The van der Waals surface area contributed by atoms with E-state index >= 15 is 0 Å². The summed E-state index contributed by atoms with van der Waals surface area (Å²) in [6.45, 7) is 1.83. The van der Waals surface area contributed by atoms with Gasteiger partial charge in [0.2, 0.25) is 0 Å². The Kier molecular flexibility index (Phi) is 4.73. The number of furan rings is 1. The van der Waals surface area contributed by atoms with E-state index in [1.54, 1.807) is 19.4 Å². The number of rotatable bonds is 4. The van der Waals surface area contributed by atoms with Crippen molar-refractivity contribution in [2.45, 2.75) is 6.92 Å². The highest BCUT2D eigenvalue weighted by Gasteiger charge is 2.04. The predicted octanol–water partition coefficient (Wildman–Crippen LogP) is 3.00. The molecule has 0 spiro atoms. The normalized spacial score (nSPS) is 11.0. The van der Waals surface area contributed by atoms with E-state index in [0.29, 0.717) is 22.3 Å². The Morgan fingerprint density at radius 3 is 2.75 bits per heavy atom. The van der Waals surface area contributed by atoms with Gasteiger partial charge in [-0.25, -0.2) is 0 Å². The van der Waals surface area contributed by atoms with Crippen molar-refractivity contribution in [2.75, 3.05) is 12.4 Å². The zero-order valence-corrected chi connectivity index (χ0v) is 12.0. The first kappa shape index (κ1) is 14.1. The van der Waals surface area contributed by atoms with Crippen molar-refractivity contribution in [2.24, 2.45) is 5.10 Å². The molecule has 20 heavy (non-hydrogen) atoms. The van der Waals surface area contributed by atoms with Gasteiger partial charge in [-0.3, -0.25) is 5.43 Å². The van der Waals surface area contributed by atoms with E-state index in [-0.39, 0.29) is 0 Å². The number of hydrazone groups is 1. The molecule has 0 amide bonds. The Morgan fingerprint density at radius 2 is 2.05 bits per heavy atom. The number of nitrogens with zero attached hydrogens (tertiary/aromatic N) is 1. The lowest BCUT2D eigenvalue weighted by molar-refractivity contribution is 0.417. The van der Waals surface area contributed by atoms with Crippen LogP contribution in [0.2, 0.25) is 0 Å². The minimum absolute atomic E-state index is 0.375. The topological polar surface area (TPSA) is 58.8 Å². The second kappa shape index (κ2) is 6.72. The van der Waals surface area contributed by atoms with Crippen LogP contribution in [-0.4, -0.2) is 17.9 Å². The quantitative estimate of drug-likeness (QED) is 0.515. The summed E-state index contributed by atoms with van der Waals surface area (Å²) in [5.74, 6) is 1.40. The monoisotopic (exact) mass is 289 g/mol. The molecule has 0 atom stereocenters. The highest BCUT2D eigenvalue weighted by atomic mass is 32.1. The van der Waals surface area contributed by atoms with Crippen LogP contribution in [0.1, 0.15) is 12.7 Å². The van der Waals surface area contributed by atoms with Crippen molar-refractivity contribution in [3.63, 3.8) is 0 Å². The summed E-state index contributed by atoms with van der Waals surface area (Å²) in [6.07, 6.45) is 1.60. The maximum absolute atomic E-state index is 5.23. The average molecular weight is 289 g/mol. The maximum Gasteiger partial charge on any atom is 0.191 e. The van der Waals surface area contributed by atoms with E-state index in [9.17, 15) is 0 Å². The molecule has 1 aromatic heterocycles. The fourth-order valence-electron chi connectivity index (χ4n) is 1.57.